The van der Waals surface area contributed by atoms with E-state index in [1.807, 2.05) is 41.4 Å². The van der Waals surface area contributed by atoms with Crippen LogP contribution in [0.1, 0.15) is 29.7 Å². The molecular weight excluding hydrogens is 372 g/mol. The van der Waals surface area contributed by atoms with Crippen LogP contribution in [0, 0.1) is 0 Å². The summed E-state index contributed by atoms with van der Waals surface area (Å²) in [6.45, 7) is 2.78. The van der Waals surface area contributed by atoms with E-state index in [0.717, 1.165) is 36.3 Å². The highest BCUT2D eigenvalue weighted by Crippen LogP contribution is 2.22. The van der Waals surface area contributed by atoms with Gasteiger partial charge in [-0.25, -0.2) is 4.98 Å². The second-order valence-corrected chi connectivity index (χ2v) is 7.83. The molecule has 0 saturated carbocycles. The largest absolute Gasteiger partial charge is 0.356 e. The molecule has 1 aromatic carbocycles. The molecule has 1 aliphatic rings. The normalized spacial score (nSPS) is 13.4. The first-order valence-electron chi connectivity index (χ1n) is 9.47. The van der Waals surface area contributed by atoms with Crippen LogP contribution in [-0.4, -0.2) is 49.4 Å². The predicted octanol–water partition coefficient (Wildman–Crippen LogP) is 2.20. The topological polar surface area (TPSA) is 72.9 Å². The van der Waals surface area contributed by atoms with Crippen LogP contribution >= 0.6 is 11.3 Å². The zero-order chi connectivity index (χ0) is 19.9. The minimum atomic E-state index is 0.208. The quantitative estimate of drug-likeness (QED) is 0.423. The number of rotatable bonds is 7. The average molecular weight is 401 g/mol. The number of aliphatic imine (C=N–C) groups is 1. The van der Waals surface area contributed by atoms with E-state index < -0.39 is 0 Å². The fourth-order valence-corrected chi connectivity index (χ4v) is 3.85. The van der Waals surface area contributed by atoms with E-state index in [2.05, 4.69) is 32.7 Å². The zero-order valence-electron chi connectivity index (χ0n) is 16.7. The molecule has 1 aromatic heterocycles. The Morgan fingerprint density at radius 3 is 2.57 bits per heavy atom. The van der Waals surface area contributed by atoms with Crippen molar-refractivity contribution in [3.63, 3.8) is 0 Å². The number of nitrogens with zero attached hydrogens (tertiary/aromatic N) is 4. The van der Waals surface area contributed by atoms with E-state index in [4.69, 9.17) is 0 Å². The Balaban J connectivity index is 1.35. The van der Waals surface area contributed by atoms with Crippen LogP contribution in [0.5, 0.6) is 0 Å². The third kappa shape index (κ3) is 5.22. The first kappa shape index (κ1) is 20.1. The van der Waals surface area contributed by atoms with Gasteiger partial charge in [0.2, 0.25) is 5.91 Å². The van der Waals surface area contributed by atoms with Crippen molar-refractivity contribution in [1.82, 2.24) is 20.5 Å². The van der Waals surface area contributed by atoms with Crippen molar-refractivity contribution in [2.45, 2.75) is 32.5 Å². The highest BCUT2D eigenvalue weighted by molar-refractivity contribution is 7.13. The number of nitrogens with one attached hydrogen (secondary N) is 2. The maximum absolute atomic E-state index is 12.4. The number of thiazole rings is 1. The second kappa shape index (κ2) is 9.54. The van der Waals surface area contributed by atoms with E-state index in [-0.39, 0.29) is 5.91 Å². The van der Waals surface area contributed by atoms with Crippen LogP contribution in [0.3, 0.4) is 0 Å². The van der Waals surface area contributed by atoms with Crippen molar-refractivity contribution in [3.05, 3.63) is 46.5 Å². The maximum atomic E-state index is 12.4. The molecule has 3 rings (SSSR count). The van der Waals surface area contributed by atoms with Gasteiger partial charge in [-0.2, -0.15) is 0 Å². The Labute approximate surface area is 170 Å². The lowest BCUT2D eigenvalue weighted by molar-refractivity contribution is -0.131. The molecule has 8 heteroatoms. The summed E-state index contributed by atoms with van der Waals surface area (Å²) in [4.78, 5) is 25.1. The highest BCUT2D eigenvalue weighted by Gasteiger charge is 2.22. The van der Waals surface area contributed by atoms with Gasteiger partial charge in [0.25, 0.3) is 0 Å². The smallest absolute Gasteiger partial charge is 0.223 e. The molecule has 2 N–H and O–H groups in total. The first-order chi connectivity index (χ1) is 13.6. The molecule has 7 nitrogen and oxygen atoms in total. The number of hydrogen-bond acceptors (Lipinski definition) is 5. The van der Waals surface area contributed by atoms with E-state index >= 15 is 0 Å². The van der Waals surface area contributed by atoms with Crippen LogP contribution in [0.2, 0.25) is 0 Å². The van der Waals surface area contributed by atoms with Crippen molar-refractivity contribution in [2.24, 2.45) is 4.99 Å². The first-order valence-corrected chi connectivity index (χ1v) is 10.4. The third-order valence-electron chi connectivity index (χ3n) is 4.64. The molecule has 150 valence electrons. The number of hydrogen-bond donors (Lipinski definition) is 2. The Hall–Kier alpha value is -2.61. The molecule has 0 bridgehead atoms. The van der Waals surface area contributed by atoms with Crippen molar-refractivity contribution in [3.8, 4) is 0 Å². The molecule has 1 aliphatic heterocycles. The van der Waals surface area contributed by atoms with Crippen molar-refractivity contribution < 1.29 is 4.79 Å². The maximum Gasteiger partial charge on any atom is 0.223 e. The van der Waals surface area contributed by atoms with E-state index in [1.165, 1.54) is 11.1 Å². The zero-order valence-corrected chi connectivity index (χ0v) is 17.6. The fraction of sp³-hybridized carbons (Fsp3) is 0.450. The lowest BCUT2D eigenvalue weighted by Gasteiger charge is -2.16. The van der Waals surface area contributed by atoms with Crippen LogP contribution < -0.4 is 15.5 Å². The fourth-order valence-electron chi connectivity index (χ4n) is 3.09. The molecule has 2 heterocycles. The molecule has 0 fully saturated rings. The molecular formula is C20H28N6OS. The number of carbonyl (C=O) groups excluding carboxylic acids is 1. The average Bonchev–Trinajstić information content (AvgIpc) is 3.34. The van der Waals surface area contributed by atoms with Gasteiger partial charge < -0.3 is 20.4 Å². The molecule has 2 aromatic rings. The summed E-state index contributed by atoms with van der Waals surface area (Å²) >= 11 is 1.62. The van der Waals surface area contributed by atoms with Gasteiger partial charge in [0.05, 0.1) is 12.2 Å². The molecule has 0 saturated heterocycles. The number of benzene rings is 1. The monoisotopic (exact) mass is 400 g/mol. The molecule has 28 heavy (non-hydrogen) atoms. The predicted molar refractivity (Wildman–Crippen MR) is 115 cm³/mol. The van der Waals surface area contributed by atoms with Crippen LogP contribution in [-0.2, 0) is 24.4 Å². The number of carbonyl (C=O) groups is 1. The number of anilines is 1. The standard InChI is InChI=1S/C20H28N6OS/c1-21-19(23-11-17-14-28-20(24-17)25(2)3)22-10-6-9-18(27)26-12-15-7-4-5-8-16(15)13-26/h4-5,7-8,14H,6,9-13H2,1-3H3,(H2,21,22,23). The third-order valence-corrected chi connectivity index (χ3v) is 5.69. The van der Waals surface area contributed by atoms with Gasteiger partial charge in [-0.05, 0) is 17.5 Å². The summed E-state index contributed by atoms with van der Waals surface area (Å²) in [6, 6.07) is 8.26. The summed E-state index contributed by atoms with van der Waals surface area (Å²) in [6.07, 6.45) is 1.31. The number of amides is 1. The Morgan fingerprint density at radius 1 is 1.25 bits per heavy atom. The summed E-state index contributed by atoms with van der Waals surface area (Å²) < 4.78 is 0. The lowest BCUT2D eigenvalue weighted by Crippen LogP contribution is -2.37. The van der Waals surface area contributed by atoms with E-state index in [1.54, 1.807) is 18.4 Å². The summed E-state index contributed by atoms with van der Waals surface area (Å²) in [5.41, 5.74) is 3.51. The summed E-state index contributed by atoms with van der Waals surface area (Å²) in [5.74, 6) is 0.931. The van der Waals surface area contributed by atoms with Crippen LogP contribution in [0.15, 0.2) is 34.6 Å². The summed E-state index contributed by atoms with van der Waals surface area (Å²) in [7, 11) is 5.71. The minimum absolute atomic E-state index is 0.208. The van der Waals surface area contributed by atoms with Crippen molar-refractivity contribution in [1.29, 1.82) is 0 Å². The molecule has 0 spiro atoms. The highest BCUT2D eigenvalue weighted by atomic mass is 32.1. The second-order valence-electron chi connectivity index (χ2n) is 6.99. The van der Waals surface area contributed by atoms with Gasteiger partial charge >= 0.3 is 0 Å². The number of aromatic nitrogens is 1. The van der Waals surface area contributed by atoms with Crippen LogP contribution in [0.4, 0.5) is 5.13 Å². The van der Waals surface area contributed by atoms with E-state index in [9.17, 15) is 4.79 Å². The van der Waals surface area contributed by atoms with Crippen LogP contribution in [0.25, 0.3) is 0 Å². The van der Waals surface area contributed by atoms with Crippen molar-refractivity contribution >= 4 is 28.3 Å². The van der Waals surface area contributed by atoms with E-state index in [0.29, 0.717) is 19.5 Å². The molecule has 0 aliphatic carbocycles. The molecule has 1 amide bonds. The molecule has 0 atom stereocenters. The van der Waals surface area contributed by atoms with Gasteiger partial charge in [-0.15, -0.1) is 11.3 Å². The minimum Gasteiger partial charge on any atom is -0.356 e. The lowest BCUT2D eigenvalue weighted by atomic mass is 10.1. The Bertz CT molecular complexity index is 807. The van der Waals surface area contributed by atoms with Gasteiger partial charge in [-0.1, -0.05) is 24.3 Å². The Morgan fingerprint density at radius 2 is 1.96 bits per heavy atom. The van der Waals surface area contributed by atoms with Gasteiger partial charge in [-0.3, -0.25) is 9.79 Å². The summed E-state index contributed by atoms with van der Waals surface area (Å²) in [5, 5.41) is 9.56. The SMILES string of the molecule is CN=C(NCCCC(=O)N1Cc2ccccc2C1)NCc1csc(N(C)C)n1. The van der Waals surface area contributed by atoms with Gasteiger partial charge in [0, 0.05) is 52.6 Å². The Kier molecular flexibility index (Phi) is 6.86. The molecule has 0 unspecified atom stereocenters. The van der Waals surface area contributed by atoms with Gasteiger partial charge in [0.15, 0.2) is 11.1 Å². The number of fused-ring (bicyclic) bond motifs is 1. The molecule has 0 radical (unpaired) electrons. The number of guanidine groups is 1. The van der Waals surface area contributed by atoms with Gasteiger partial charge in [0.1, 0.15) is 0 Å². The van der Waals surface area contributed by atoms with Crippen molar-refractivity contribution in [2.75, 3.05) is 32.6 Å².